The number of esters is 1. The Hall–Kier alpha value is -2.24. The third-order valence-electron chi connectivity index (χ3n) is 2.07. The summed E-state index contributed by atoms with van der Waals surface area (Å²) in [7, 11) is 1.14. The number of nitrogens with one attached hydrogen (secondary N) is 1. The van der Waals surface area contributed by atoms with Gasteiger partial charge in [0.1, 0.15) is 11.6 Å². The molecule has 0 fully saturated rings. The first-order valence-electron chi connectivity index (χ1n) is 5.11. The van der Waals surface area contributed by atoms with Crippen LogP contribution in [0.5, 0.6) is 0 Å². The standard InChI is InChI=1S/C12H12FNO4/c1-7(15)5-11(16)14-8-3-4-9(10(13)6-8)12(17)18-2/h3-4,6H,5H2,1-2H3,(H,14,16). The van der Waals surface area contributed by atoms with Gasteiger partial charge in [0.25, 0.3) is 0 Å². The van der Waals surface area contributed by atoms with Crippen LogP contribution in [-0.4, -0.2) is 24.8 Å². The normalized spacial score (nSPS) is 9.72. The van der Waals surface area contributed by atoms with Gasteiger partial charge in [0.2, 0.25) is 5.91 Å². The Labute approximate surface area is 103 Å². The van der Waals surface area contributed by atoms with E-state index in [0.29, 0.717) is 0 Å². The van der Waals surface area contributed by atoms with Gasteiger partial charge >= 0.3 is 5.97 Å². The molecule has 0 aliphatic carbocycles. The Balaban J connectivity index is 2.82. The summed E-state index contributed by atoms with van der Waals surface area (Å²) in [5.74, 6) is -2.43. The van der Waals surface area contributed by atoms with E-state index < -0.39 is 17.7 Å². The van der Waals surface area contributed by atoms with Crippen molar-refractivity contribution < 1.29 is 23.5 Å². The molecule has 0 atom stereocenters. The number of rotatable bonds is 4. The number of carbonyl (C=O) groups is 3. The van der Waals surface area contributed by atoms with Crippen molar-refractivity contribution in [3.05, 3.63) is 29.6 Å². The highest BCUT2D eigenvalue weighted by molar-refractivity contribution is 6.03. The van der Waals surface area contributed by atoms with Gasteiger partial charge in [0, 0.05) is 5.69 Å². The predicted octanol–water partition coefficient (Wildman–Crippen LogP) is 1.53. The quantitative estimate of drug-likeness (QED) is 0.652. The second-order valence-corrected chi connectivity index (χ2v) is 3.61. The summed E-state index contributed by atoms with van der Waals surface area (Å²) < 4.78 is 17.9. The summed E-state index contributed by atoms with van der Waals surface area (Å²) in [5.41, 5.74) is -0.0477. The van der Waals surface area contributed by atoms with Gasteiger partial charge in [-0.2, -0.15) is 0 Å². The molecule has 1 aromatic rings. The second kappa shape index (κ2) is 5.90. The van der Waals surface area contributed by atoms with Crippen molar-refractivity contribution in [2.24, 2.45) is 0 Å². The minimum absolute atomic E-state index is 0.173. The highest BCUT2D eigenvalue weighted by Crippen LogP contribution is 2.15. The molecule has 0 aliphatic rings. The molecule has 1 aromatic carbocycles. The lowest BCUT2D eigenvalue weighted by molar-refractivity contribution is -0.124. The molecule has 0 unspecified atom stereocenters. The minimum Gasteiger partial charge on any atom is -0.465 e. The molecule has 6 heteroatoms. The number of hydrogen-bond acceptors (Lipinski definition) is 4. The smallest absolute Gasteiger partial charge is 0.340 e. The number of ether oxygens (including phenoxy) is 1. The van der Waals surface area contributed by atoms with Crippen molar-refractivity contribution in [2.75, 3.05) is 12.4 Å². The Morgan fingerprint density at radius 2 is 2.00 bits per heavy atom. The van der Waals surface area contributed by atoms with Crippen molar-refractivity contribution in [3.8, 4) is 0 Å². The average Bonchev–Trinajstić information content (AvgIpc) is 2.27. The van der Waals surface area contributed by atoms with E-state index >= 15 is 0 Å². The van der Waals surface area contributed by atoms with Crippen LogP contribution in [0.3, 0.4) is 0 Å². The van der Waals surface area contributed by atoms with Crippen LogP contribution in [0, 0.1) is 5.82 Å². The summed E-state index contributed by atoms with van der Waals surface area (Å²) in [6, 6.07) is 3.54. The average molecular weight is 253 g/mol. The number of benzene rings is 1. The molecule has 0 saturated carbocycles. The van der Waals surface area contributed by atoms with Crippen molar-refractivity contribution >= 4 is 23.3 Å². The molecule has 1 amide bonds. The molecular formula is C12H12FNO4. The van der Waals surface area contributed by atoms with Crippen molar-refractivity contribution in [1.29, 1.82) is 0 Å². The molecule has 5 nitrogen and oxygen atoms in total. The molecule has 0 heterocycles. The van der Waals surface area contributed by atoms with Crippen LogP contribution in [0.25, 0.3) is 0 Å². The topological polar surface area (TPSA) is 72.5 Å². The first-order valence-corrected chi connectivity index (χ1v) is 5.11. The monoisotopic (exact) mass is 253 g/mol. The van der Waals surface area contributed by atoms with Gasteiger partial charge in [0.15, 0.2) is 0 Å². The van der Waals surface area contributed by atoms with Gasteiger partial charge in [-0.1, -0.05) is 0 Å². The first-order chi connectivity index (χ1) is 8.43. The Morgan fingerprint density at radius 1 is 1.33 bits per heavy atom. The maximum absolute atomic E-state index is 13.5. The van der Waals surface area contributed by atoms with Gasteiger partial charge in [-0.25, -0.2) is 9.18 Å². The molecule has 1 rings (SSSR count). The fourth-order valence-corrected chi connectivity index (χ4v) is 1.30. The van der Waals surface area contributed by atoms with Crippen molar-refractivity contribution in [1.82, 2.24) is 0 Å². The molecule has 0 radical (unpaired) electrons. The fraction of sp³-hybridized carbons (Fsp3) is 0.250. The zero-order valence-electron chi connectivity index (χ0n) is 9.95. The van der Waals surface area contributed by atoms with E-state index in [1.165, 1.54) is 19.1 Å². The van der Waals surface area contributed by atoms with Crippen molar-refractivity contribution in [2.45, 2.75) is 13.3 Å². The maximum Gasteiger partial charge on any atom is 0.340 e. The van der Waals surface area contributed by atoms with E-state index in [-0.39, 0.29) is 23.5 Å². The zero-order valence-corrected chi connectivity index (χ0v) is 9.95. The van der Waals surface area contributed by atoms with Crippen LogP contribution >= 0.6 is 0 Å². The van der Waals surface area contributed by atoms with Crippen LogP contribution in [-0.2, 0) is 14.3 Å². The number of ketones is 1. The maximum atomic E-state index is 13.5. The fourth-order valence-electron chi connectivity index (χ4n) is 1.30. The van der Waals surface area contributed by atoms with Gasteiger partial charge < -0.3 is 10.1 Å². The van der Waals surface area contributed by atoms with Crippen LogP contribution in [0.4, 0.5) is 10.1 Å². The Morgan fingerprint density at radius 3 is 2.50 bits per heavy atom. The van der Waals surface area contributed by atoms with Crippen LogP contribution in [0.2, 0.25) is 0 Å². The number of methoxy groups -OCH3 is 1. The van der Waals surface area contributed by atoms with E-state index in [1.807, 2.05) is 0 Å². The molecule has 0 aromatic heterocycles. The molecule has 0 saturated heterocycles. The number of Topliss-reactive ketones (excluding diaryl/α,β-unsaturated/α-hetero) is 1. The summed E-state index contributed by atoms with van der Waals surface area (Å²) in [4.78, 5) is 33.1. The van der Waals surface area contributed by atoms with Crippen molar-refractivity contribution in [3.63, 3.8) is 0 Å². The Bertz CT molecular complexity index is 499. The highest BCUT2D eigenvalue weighted by Gasteiger charge is 2.13. The molecule has 96 valence electrons. The number of halogens is 1. The van der Waals surface area contributed by atoms with E-state index in [4.69, 9.17) is 0 Å². The zero-order chi connectivity index (χ0) is 13.7. The number of amides is 1. The summed E-state index contributed by atoms with van der Waals surface area (Å²) in [5, 5.41) is 2.35. The van der Waals surface area contributed by atoms with Gasteiger partial charge in [-0.15, -0.1) is 0 Å². The molecule has 1 N–H and O–H groups in total. The van der Waals surface area contributed by atoms with Gasteiger partial charge in [0.05, 0.1) is 19.1 Å². The lowest BCUT2D eigenvalue weighted by atomic mass is 10.2. The van der Waals surface area contributed by atoms with Crippen LogP contribution in [0.15, 0.2) is 18.2 Å². The predicted molar refractivity (Wildman–Crippen MR) is 61.7 cm³/mol. The summed E-state index contributed by atoms with van der Waals surface area (Å²) in [6.45, 7) is 1.28. The third-order valence-corrected chi connectivity index (χ3v) is 2.07. The lowest BCUT2D eigenvalue weighted by Gasteiger charge is -2.06. The number of hydrogen-bond donors (Lipinski definition) is 1. The third kappa shape index (κ3) is 3.65. The van der Waals surface area contributed by atoms with Crippen LogP contribution < -0.4 is 5.32 Å². The molecule has 0 aliphatic heterocycles. The highest BCUT2D eigenvalue weighted by atomic mass is 19.1. The minimum atomic E-state index is -0.803. The molecule has 0 spiro atoms. The molecule has 18 heavy (non-hydrogen) atoms. The van der Waals surface area contributed by atoms with Gasteiger partial charge in [-0.3, -0.25) is 9.59 Å². The van der Waals surface area contributed by atoms with E-state index in [1.54, 1.807) is 0 Å². The number of anilines is 1. The van der Waals surface area contributed by atoms with Gasteiger partial charge in [-0.05, 0) is 25.1 Å². The van der Waals surface area contributed by atoms with Crippen LogP contribution in [0.1, 0.15) is 23.7 Å². The summed E-state index contributed by atoms with van der Waals surface area (Å²) >= 11 is 0. The summed E-state index contributed by atoms with van der Waals surface area (Å²) in [6.07, 6.45) is -0.277. The first kappa shape index (κ1) is 13.8. The Kier molecular flexibility index (Phi) is 4.53. The lowest BCUT2D eigenvalue weighted by Crippen LogP contribution is -2.15. The van der Waals surface area contributed by atoms with E-state index in [0.717, 1.165) is 13.2 Å². The number of carbonyl (C=O) groups excluding carboxylic acids is 3. The largest absolute Gasteiger partial charge is 0.465 e. The van der Waals surface area contributed by atoms with E-state index in [9.17, 15) is 18.8 Å². The SMILES string of the molecule is COC(=O)c1ccc(NC(=O)CC(C)=O)cc1F. The second-order valence-electron chi connectivity index (χ2n) is 3.61. The molecular weight excluding hydrogens is 241 g/mol. The molecule has 0 bridgehead atoms. The van der Waals surface area contributed by atoms with E-state index in [2.05, 4.69) is 10.1 Å².